The predicted molar refractivity (Wildman–Crippen MR) is 61.2 cm³/mol. The quantitative estimate of drug-likeness (QED) is 0.529. The van der Waals surface area contributed by atoms with E-state index in [1.807, 2.05) is 20.8 Å². The maximum atomic E-state index is 11.3. The van der Waals surface area contributed by atoms with Crippen LogP contribution in [0.5, 0.6) is 0 Å². The van der Waals surface area contributed by atoms with Crippen LogP contribution in [-0.4, -0.2) is 35.6 Å². The first-order valence-corrected chi connectivity index (χ1v) is 5.17. The molecule has 0 aliphatic carbocycles. The van der Waals surface area contributed by atoms with E-state index in [-0.39, 0.29) is 5.41 Å². The highest BCUT2D eigenvalue weighted by Crippen LogP contribution is 2.09. The Morgan fingerprint density at radius 3 is 2.18 bits per heavy atom. The zero-order valence-electron chi connectivity index (χ0n) is 10.2. The average Bonchev–Trinajstić information content (AvgIpc) is 2.11. The largest absolute Gasteiger partial charge is 0.480 e. The number of nitrogens with two attached hydrogens (primary N) is 1. The Bertz CT molecular complexity index is 309. The fourth-order valence-corrected chi connectivity index (χ4v) is 0.956. The van der Waals surface area contributed by atoms with Gasteiger partial charge in [-0.1, -0.05) is 20.8 Å². The number of carboxylic acid groups (broad SMARTS) is 1. The molecule has 0 bridgehead atoms. The lowest BCUT2D eigenvalue weighted by molar-refractivity contribution is -0.140. The second-order valence-corrected chi connectivity index (χ2v) is 4.95. The van der Waals surface area contributed by atoms with Gasteiger partial charge in [0.25, 0.3) is 0 Å². The van der Waals surface area contributed by atoms with E-state index in [9.17, 15) is 14.4 Å². The van der Waals surface area contributed by atoms with Crippen LogP contribution in [0.4, 0.5) is 4.79 Å². The summed E-state index contributed by atoms with van der Waals surface area (Å²) >= 11 is 0. The molecule has 0 saturated carbocycles. The third kappa shape index (κ3) is 8.06. The molecule has 0 radical (unpaired) electrons. The maximum Gasteiger partial charge on any atom is 0.326 e. The minimum Gasteiger partial charge on any atom is -0.480 e. The highest BCUT2D eigenvalue weighted by molar-refractivity contribution is 5.87. The lowest BCUT2D eigenvalue weighted by atomic mass is 9.97. The Morgan fingerprint density at radius 1 is 1.29 bits per heavy atom. The molecule has 0 aliphatic heterocycles. The summed E-state index contributed by atoms with van der Waals surface area (Å²) in [7, 11) is 0. The molecule has 0 fully saturated rings. The van der Waals surface area contributed by atoms with Crippen molar-refractivity contribution in [1.82, 2.24) is 10.6 Å². The lowest BCUT2D eigenvalue weighted by Crippen LogP contribution is -2.49. The lowest BCUT2D eigenvalue weighted by Gasteiger charge is -2.20. The van der Waals surface area contributed by atoms with Gasteiger partial charge in [-0.15, -0.1) is 0 Å². The molecular formula is C10H19N3O4. The molecule has 5 N–H and O–H groups in total. The van der Waals surface area contributed by atoms with Crippen LogP contribution in [0, 0.1) is 5.41 Å². The van der Waals surface area contributed by atoms with Gasteiger partial charge in [0.15, 0.2) is 0 Å². The first-order valence-electron chi connectivity index (χ1n) is 5.17. The Labute approximate surface area is 99.7 Å². The topological polar surface area (TPSA) is 122 Å². The van der Waals surface area contributed by atoms with E-state index >= 15 is 0 Å². The van der Waals surface area contributed by atoms with Crippen LogP contribution in [0.25, 0.3) is 0 Å². The second kappa shape index (κ2) is 6.07. The summed E-state index contributed by atoms with van der Waals surface area (Å²) in [6.07, 6.45) is -0.432. The van der Waals surface area contributed by atoms with Gasteiger partial charge in [0.05, 0.1) is 6.42 Å². The van der Waals surface area contributed by atoms with Crippen LogP contribution in [0.15, 0.2) is 0 Å². The molecule has 0 saturated heterocycles. The van der Waals surface area contributed by atoms with Crippen molar-refractivity contribution < 1.29 is 19.5 Å². The monoisotopic (exact) mass is 245 g/mol. The Kier molecular flexibility index (Phi) is 5.43. The second-order valence-electron chi connectivity index (χ2n) is 4.95. The summed E-state index contributed by atoms with van der Waals surface area (Å²) < 4.78 is 0. The molecule has 98 valence electrons. The summed E-state index contributed by atoms with van der Waals surface area (Å²) in [6, 6.07) is -1.93. The average molecular weight is 245 g/mol. The predicted octanol–water partition coefficient (Wildman–Crippen LogP) is -0.340. The van der Waals surface area contributed by atoms with Gasteiger partial charge < -0.3 is 21.5 Å². The Hall–Kier alpha value is -1.79. The number of primary amides is 1. The normalized spacial score (nSPS) is 12.6. The van der Waals surface area contributed by atoms with Crippen molar-refractivity contribution in [2.75, 3.05) is 6.54 Å². The SMILES string of the molecule is CC(C)(C)CNC(=O)N[C@H](CC(N)=O)C(=O)O. The number of carboxylic acids is 1. The molecule has 17 heavy (non-hydrogen) atoms. The molecule has 1 atom stereocenters. The van der Waals surface area contributed by atoms with Gasteiger partial charge in [-0.05, 0) is 5.41 Å². The summed E-state index contributed by atoms with van der Waals surface area (Å²) in [5, 5.41) is 13.4. The van der Waals surface area contributed by atoms with E-state index < -0.39 is 30.4 Å². The molecule has 0 spiro atoms. The summed E-state index contributed by atoms with van der Waals surface area (Å²) in [6.45, 7) is 6.16. The molecule has 0 aliphatic rings. The van der Waals surface area contributed by atoms with Crippen molar-refractivity contribution in [2.45, 2.75) is 33.2 Å². The van der Waals surface area contributed by atoms with E-state index in [1.54, 1.807) is 0 Å². The molecule has 7 heteroatoms. The van der Waals surface area contributed by atoms with Crippen molar-refractivity contribution in [2.24, 2.45) is 11.1 Å². The van der Waals surface area contributed by atoms with Gasteiger partial charge in [-0.25, -0.2) is 9.59 Å². The number of rotatable bonds is 5. The summed E-state index contributed by atoms with van der Waals surface area (Å²) in [4.78, 5) is 32.7. The number of carbonyl (C=O) groups is 3. The summed E-state index contributed by atoms with van der Waals surface area (Å²) in [5.41, 5.74) is 4.76. The van der Waals surface area contributed by atoms with E-state index in [1.165, 1.54) is 0 Å². The first-order chi connectivity index (χ1) is 7.61. The van der Waals surface area contributed by atoms with E-state index in [0.29, 0.717) is 6.54 Å². The van der Waals surface area contributed by atoms with Crippen LogP contribution in [-0.2, 0) is 9.59 Å². The molecule has 0 aromatic carbocycles. The van der Waals surface area contributed by atoms with Crippen molar-refractivity contribution in [3.63, 3.8) is 0 Å². The van der Waals surface area contributed by atoms with Gasteiger partial charge in [0.1, 0.15) is 6.04 Å². The molecule has 0 unspecified atom stereocenters. The maximum absolute atomic E-state index is 11.3. The number of hydrogen-bond acceptors (Lipinski definition) is 3. The molecule has 7 nitrogen and oxygen atoms in total. The standard InChI is InChI=1S/C10H19N3O4/c1-10(2,3)5-12-9(17)13-6(8(15)16)4-7(11)14/h6H,4-5H2,1-3H3,(H2,11,14)(H,15,16)(H2,12,13,17)/t6-/m1/s1. The van der Waals surface area contributed by atoms with Gasteiger partial charge in [-0.2, -0.15) is 0 Å². The highest BCUT2D eigenvalue weighted by Gasteiger charge is 2.22. The minimum atomic E-state index is -1.30. The van der Waals surface area contributed by atoms with Crippen molar-refractivity contribution in [1.29, 1.82) is 0 Å². The van der Waals surface area contributed by atoms with Crippen LogP contribution < -0.4 is 16.4 Å². The molecule has 0 heterocycles. The fourth-order valence-electron chi connectivity index (χ4n) is 0.956. The number of urea groups is 1. The van der Waals surface area contributed by atoms with Crippen molar-refractivity contribution in [3.8, 4) is 0 Å². The zero-order valence-corrected chi connectivity index (χ0v) is 10.2. The number of nitrogens with one attached hydrogen (secondary N) is 2. The van der Waals surface area contributed by atoms with E-state index in [0.717, 1.165) is 0 Å². The van der Waals surface area contributed by atoms with Gasteiger partial charge in [0.2, 0.25) is 5.91 Å². The molecule has 3 amide bonds. The number of aliphatic carboxylic acids is 1. The first kappa shape index (κ1) is 15.2. The van der Waals surface area contributed by atoms with Gasteiger partial charge in [-0.3, -0.25) is 4.79 Å². The van der Waals surface area contributed by atoms with Gasteiger partial charge in [0, 0.05) is 6.54 Å². The van der Waals surface area contributed by atoms with Crippen LogP contribution in [0.2, 0.25) is 0 Å². The smallest absolute Gasteiger partial charge is 0.326 e. The van der Waals surface area contributed by atoms with Crippen molar-refractivity contribution in [3.05, 3.63) is 0 Å². The van der Waals surface area contributed by atoms with E-state index in [2.05, 4.69) is 10.6 Å². The van der Waals surface area contributed by atoms with Crippen LogP contribution in [0.3, 0.4) is 0 Å². The third-order valence-corrected chi connectivity index (χ3v) is 1.79. The van der Waals surface area contributed by atoms with E-state index in [4.69, 9.17) is 10.8 Å². The van der Waals surface area contributed by atoms with Crippen LogP contribution in [0.1, 0.15) is 27.2 Å². The Balaban J connectivity index is 4.22. The number of amides is 3. The van der Waals surface area contributed by atoms with Gasteiger partial charge >= 0.3 is 12.0 Å². The third-order valence-electron chi connectivity index (χ3n) is 1.79. The van der Waals surface area contributed by atoms with Crippen molar-refractivity contribution >= 4 is 17.9 Å². The highest BCUT2D eigenvalue weighted by atomic mass is 16.4. The summed E-state index contributed by atoms with van der Waals surface area (Å²) in [5.74, 6) is -2.08. The minimum absolute atomic E-state index is 0.111. The zero-order chi connectivity index (χ0) is 13.6. The number of hydrogen-bond donors (Lipinski definition) is 4. The molecule has 0 aromatic heterocycles. The fraction of sp³-hybridized carbons (Fsp3) is 0.700. The molecule has 0 rings (SSSR count). The molecular weight excluding hydrogens is 226 g/mol. The van der Waals surface area contributed by atoms with Crippen LogP contribution >= 0.6 is 0 Å². The Morgan fingerprint density at radius 2 is 1.82 bits per heavy atom. The molecule has 0 aromatic rings. The number of carbonyl (C=O) groups excluding carboxylic acids is 2.